The Kier molecular flexibility index (Phi) is 6.69. The van der Waals surface area contributed by atoms with E-state index < -0.39 is 0 Å². The molecule has 1 aromatic heterocycles. The molecule has 2 saturated heterocycles. The van der Waals surface area contributed by atoms with Crippen LogP contribution in [0.3, 0.4) is 0 Å². The summed E-state index contributed by atoms with van der Waals surface area (Å²) < 4.78 is 0. The quantitative estimate of drug-likeness (QED) is 0.683. The van der Waals surface area contributed by atoms with Crippen LogP contribution in [0.2, 0.25) is 0 Å². The fourth-order valence-electron chi connectivity index (χ4n) is 4.77. The molecule has 30 heavy (non-hydrogen) atoms. The molecule has 0 bridgehead atoms. The number of piperazine rings is 1. The van der Waals surface area contributed by atoms with Gasteiger partial charge >= 0.3 is 0 Å². The number of nitrogens with one attached hydrogen (secondary N) is 2. The lowest BCUT2D eigenvalue weighted by Gasteiger charge is -2.33. The molecule has 5 heteroatoms. The van der Waals surface area contributed by atoms with Crippen LogP contribution < -0.4 is 15.5 Å². The average molecular weight is 425 g/mol. The lowest BCUT2D eigenvalue weighted by Crippen LogP contribution is -2.43. The summed E-state index contributed by atoms with van der Waals surface area (Å²) in [6.07, 6.45) is 5.06. The van der Waals surface area contributed by atoms with E-state index in [1.165, 1.54) is 51.8 Å². The van der Waals surface area contributed by atoms with Gasteiger partial charge in [-0.25, -0.2) is 0 Å². The maximum Gasteiger partial charge on any atom is 0.0736 e. The Bertz CT molecular complexity index is 864. The molecule has 2 fully saturated rings. The van der Waals surface area contributed by atoms with Crippen molar-refractivity contribution in [3.05, 3.63) is 51.7 Å². The van der Waals surface area contributed by atoms with Gasteiger partial charge in [0, 0.05) is 49.3 Å². The Balaban J connectivity index is 0.00000106. The van der Waals surface area contributed by atoms with E-state index in [9.17, 15) is 0 Å². The van der Waals surface area contributed by atoms with Crippen LogP contribution >= 0.6 is 11.3 Å². The summed E-state index contributed by atoms with van der Waals surface area (Å²) in [5.74, 6) is 0. The molecule has 3 aliphatic rings. The monoisotopic (exact) mass is 424 g/mol. The van der Waals surface area contributed by atoms with Crippen molar-refractivity contribution in [1.29, 1.82) is 0 Å². The fourth-order valence-corrected chi connectivity index (χ4v) is 5.78. The fraction of sp³-hybridized carbons (Fsp3) is 0.520. The molecular weight excluding hydrogens is 388 g/mol. The van der Waals surface area contributed by atoms with Crippen molar-refractivity contribution in [1.82, 2.24) is 10.2 Å². The Morgan fingerprint density at radius 1 is 1.03 bits per heavy atom. The number of hydrogen-bond donors (Lipinski definition) is 2. The van der Waals surface area contributed by atoms with Gasteiger partial charge in [0.05, 0.1) is 22.3 Å². The average Bonchev–Trinajstić information content (AvgIpc) is 3.39. The zero-order chi connectivity index (χ0) is 21.1. The number of thiophene rings is 1. The minimum Gasteiger partial charge on any atom is -0.373 e. The first-order valence-electron chi connectivity index (χ1n) is 11.6. The van der Waals surface area contributed by atoms with Crippen molar-refractivity contribution in [2.24, 2.45) is 0 Å². The molecule has 2 unspecified atom stereocenters. The van der Waals surface area contributed by atoms with Crippen LogP contribution in [0.5, 0.6) is 0 Å². The van der Waals surface area contributed by atoms with Gasteiger partial charge in [-0.3, -0.25) is 0 Å². The molecular formula is C25H36N4S. The highest BCUT2D eigenvalue weighted by atomic mass is 32.1. The number of aryl methyl sites for hydroxylation is 1. The maximum atomic E-state index is 3.79. The molecule has 162 valence electrons. The zero-order valence-electron chi connectivity index (χ0n) is 18.9. The standard InChI is InChI=1S/C23H30N4S.C2H6/c1-16-4-3-11-27(16)22-15-20(25-21-14-17(2)28-23(21)22)18-5-7-19(8-6-18)26-12-9-24-10-13-26;1-2/h5-8,14-16,20,24-25H,3-4,9-13H2,1-2H3;1-2H3. The third-order valence-electron chi connectivity index (χ3n) is 6.32. The van der Waals surface area contributed by atoms with Crippen LogP contribution in [-0.4, -0.2) is 43.7 Å². The van der Waals surface area contributed by atoms with E-state index in [4.69, 9.17) is 0 Å². The minimum atomic E-state index is 0.237. The highest BCUT2D eigenvalue weighted by Crippen LogP contribution is 2.44. The smallest absolute Gasteiger partial charge is 0.0736 e. The molecule has 2 atom stereocenters. The summed E-state index contributed by atoms with van der Waals surface area (Å²) in [5, 5.41) is 7.22. The maximum absolute atomic E-state index is 3.79. The largest absolute Gasteiger partial charge is 0.373 e. The summed E-state index contributed by atoms with van der Waals surface area (Å²) >= 11 is 1.92. The molecule has 4 nitrogen and oxygen atoms in total. The SMILES string of the molecule is CC.Cc1cc2c(s1)C(N1CCCC1C)=CC(c1ccc(N3CCNCC3)cc1)N2. The van der Waals surface area contributed by atoms with E-state index in [1.807, 2.05) is 25.2 Å². The Labute approximate surface area is 186 Å². The van der Waals surface area contributed by atoms with Crippen molar-refractivity contribution in [2.45, 2.75) is 52.6 Å². The molecule has 1 aromatic carbocycles. The van der Waals surface area contributed by atoms with Crippen LogP contribution in [0.1, 0.15) is 55.0 Å². The first kappa shape index (κ1) is 21.3. The number of anilines is 2. The third-order valence-corrected chi connectivity index (χ3v) is 7.39. The van der Waals surface area contributed by atoms with E-state index in [1.54, 1.807) is 0 Å². The highest BCUT2D eigenvalue weighted by molar-refractivity contribution is 7.13. The molecule has 2 N–H and O–H groups in total. The van der Waals surface area contributed by atoms with Gasteiger partial charge in [0.25, 0.3) is 0 Å². The Hall–Kier alpha value is -1.98. The van der Waals surface area contributed by atoms with Crippen LogP contribution in [0, 0.1) is 6.92 Å². The molecule has 0 spiro atoms. The van der Waals surface area contributed by atoms with E-state index in [0.717, 1.165) is 26.2 Å². The number of likely N-dealkylation sites (tertiary alicyclic amines) is 1. The van der Waals surface area contributed by atoms with Crippen molar-refractivity contribution < 1.29 is 0 Å². The normalized spacial score (nSPS) is 23.3. The van der Waals surface area contributed by atoms with E-state index in [0.29, 0.717) is 6.04 Å². The van der Waals surface area contributed by atoms with Gasteiger partial charge in [-0.15, -0.1) is 11.3 Å². The lowest BCUT2D eigenvalue weighted by atomic mass is 10.00. The number of benzene rings is 1. The van der Waals surface area contributed by atoms with Crippen molar-refractivity contribution in [3.63, 3.8) is 0 Å². The lowest BCUT2D eigenvalue weighted by molar-refractivity contribution is 0.392. The first-order chi connectivity index (χ1) is 14.7. The van der Waals surface area contributed by atoms with Gasteiger partial charge in [0.2, 0.25) is 0 Å². The number of fused-ring (bicyclic) bond motifs is 1. The van der Waals surface area contributed by atoms with Crippen LogP contribution in [0.4, 0.5) is 11.4 Å². The minimum absolute atomic E-state index is 0.237. The zero-order valence-corrected chi connectivity index (χ0v) is 19.7. The van der Waals surface area contributed by atoms with Crippen LogP contribution in [0.25, 0.3) is 5.70 Å². The van der Waals surface area contributed by atoms with Crippen LogP contribution in [0.15, 0.2) is 36.4 Å². The van der Waals surface area contributed by atoms with Gasteiger partial charge in [-0.05, 0) is 56.5 Å². The first-order valence-corrected chi connectivity index (χ1v) is 12.4. The Morgan fingerprint density at radius 2 is 1.77 bits per heavy atom. The topological polar surface area (TPSA) is 30.5 Å². The molecule has 3 aliphatic heterocycles. The number of nitrogens with zero attached hydrogens (tertiary/aromatic N) is 2. The Morgan fingerprint density at radius 3 is 2.43 bits per heavy atom. The van der Waals surface area contributed by atoms with E-state index >= 15 is 0 Å². The summed E-state index contributed by atoms with van der Waals surface area (Å²) in [6.45, 7) is 14.1. The summed E-state index contributed by atoms with van der Waals surface area (Å²) in [6, 6.07) is 12.4. The van der Waals surface area contributed by atoms with Gasteiger partial charge < -0.3 is 20.4 Å². The molecule has 5 rings (SSSR count). The van der Waals surface area contributed by atoms with E-state index in [-0.39, 0.29) is 6.04 Å². The second-order valence-corrected chi connectivity index (χ2v) is 9.54. The van der Waals surface area contributed by atoms with E-state index in [2.05, 4.69) is 70.7 Å². The van der Waals surface area contributed by atoms with Gasteiger partial charge in [0.15, 0.2) is 0 Å². The van der Waals surface area contributed by atoms with Crippen molar-refractivity contribution in [3.8, 4) is 0 Å². The molecule has 0 radical (unpaired) electrons. The molecule has 2 aromatic rings. The molecule has 0 saturated carbocycles. The third kappa shape index (κ3) is 4.23. The van der Waals surface area contributed by atoms with Crippen LogP contribution in [-0.2, 0) is 0 Å². The second kappa shape index (κ2) is 9.44. The van der Waals surface area contributed by atoms with Gasteiger partial charge in [-0.1, -0.05) is 26.0 Å². The number of hydrogen-bond acceptors (Lipinski definition) is 5. The van der Waals surface area contributed by atoms with Gasteiger partial charge in [-0.2, -0.15) is 0 Å². The van der Waals surface area contributed by atoms with Crippen molar-refractivity contribution in [2.75, 3.05) is 42.9 Å². The van der Waals surface area contributed by atoms with Gasteiger partial charge in [0.1, 0.15) is 0 Å². The van der Waals surface area contributed by atoms with Crippen molar-refractivity contribution >= 4 is 28.4 Å². The summed E-state index contributed by atoms with van der Waals surface area (Å²) in [7, 11) is 0. The second-order valence-electron chi connectivity index (χ2n) is 8.29. The molecule has 0 amide bonds. The molecule has 4 heterocycles. The molecule has 0 aliphatic carbocycles. The predicted octanol–water partition coefficient (Wildman–Crippen LogP) is 5.48. The summed E-state index contributed by atoms with van der Waals surface area (Å²) in [5.41, 5.74) is 5.42. The summed E-state index contributed by atoms with van der Waals surface area (Å²) in [4.78, 5) is 7.89. The highest BCUT2D eigenvalue weighted by Gasteiger charge is 2.30. The number of rotatable bonds is 3. The predicted molar refractivity (Wildman–Crippen MR) is 132 cm³/mol.